The second-order valence-corrected chi connectivity index (χ2v) is 2.63. The normalized spacial score (nSPS) is 15.2. The van der Waals surface area contributed by atoms with Gasteiger partial charge in [-0.25, -0.2) is 9.36 Å². The summed E-state index contributed by atoms with van der Waals surface area (Å²) in [5.74, 6) is -1.32. The smallest absolute Gasteiger partial charge is 0.450 e. The molecule has 6 nitrogen and oxygen atoms in total. The van der Waals surface area contributed by atoms with Gasteiger partial charge in [0.05, 0.1) is 0 Å². The minimum atomic E-state index is -4.71. The van der Waals surface area contributed by atoms with Gasteiger partial charge in [0.25, 0.3) is 0 Å². The first-order chi connectivity index (χ1) is 4.49. The Bertz CT molecular complexity index is 235. The van der Waals surface area contributed by atoms with E-state index < -0.39 is 13.8 Å². The number of ether oxygens (including phenoxy) is 1. The van der Waals surface area contributed by atoms with E-state index in [1.165, 1.54) is 0 Å². The fraction of sp³-hybridized carbons (Fsp3) is 0. The van der Waals surface area contributed by atoms with Gasteiger partial charge in [0, 0.05) is 0 Å². The Balaban J connectivity index is 2.46. The third-order valence-corrected chi connectivity index (χ3v) is 1.04. The van der Waals surface area contributed by atoms with Crippen LogP contribution in [-0.2, 0) is 18.6 Å². The molecule has 0 saturated heterocycles. The summed E-state index contributed by atoms with van der Waals surface area (Å²) in [6.07, 6.45) is 1.03. The molecule has 56 valence electrons. The second-order valence-electron chi connectivity index (χ2n) is 1.47. The molecule has 0 aromatic carbocycles. The zero-order chi connectivity index (χ0) is 7.78. The number of hydrogen-bond donors (Lipinski definition) is 2. The molecular weight excluding hydrogens is 163 g/mol. The highest BCUT2D eigenvalue weighted by Gasteiger charge is 2.29. The summed E-state index contributed by atoms with van der Waals surface area (Å²) < 4.78 is 17.7. The number of carbonyl (C=O) groups is 1. The number of hydrogen-bond acceptors (Lipinski definition) is 4. The number of rotatable bonds is 2. The molecule has 0 radical (unpaired) electrons. The SMILES string of the molecule is O=C(OP(=O)(O)O)C1=CO1. The quantitative estimate of drug-likeness (QED) is 0.536. The summed E-state index contributed by atoms with van der Waals surface area (Å²) in [5, 5.41) is 0. The van der Waals surface area contributed by atoms with Crippen molar-refractivity contribution in [2.45, 2.75) is 0 Å². The van der Waals surface area contributed by atoms with Crippen molar-refractivity contribution in [3.63, 3.8) is 0 Å². The van der Waals surface area contributed by atoms with E-state index in [0.29, 0.717) is 0 Å². The van der Waals surface area contributed by atoms with E-state index >= 15 is 0 Å². The Morgan fingerprint density at radius 2 is 2.20 bits per heavy atom. The molecule has 0 aromatic rings. The van der Waals surface area contributed by atoms with Crippen molar-refractivity contribution in [1.82, 2.24) is 0 Å². The highest BCUT2D eigenvalue weighted by atomic mass is 31.2. The third kappa shape index (κ3) is 2.18. The fourth-order valence-corrected chi connectivity index (χ4v) is 0.585. The molecule has 0 fully saturated rings. The molecule has 0 saturated carbocycles. The van der Waals surface area contributed by atoms with Crippen LogP contribution in [0.15, 0.2) is 12.0 Å². The molecule has 0 aliphatic carbocycles. The van der Waals surface area contributed by atoms with Crippen molar-refractivity contribution in [3.8, 4) is 0 Å². The Morgan fingerprint density at radius 1 is 1.70 bits per heavy atom. The summed E-state index contributed by atoms with van der Waals surface area (Å²) >= 11 is 0. The average molecular weight is 166 g/mol. The molecule has 0 unspecified atom stereocenters. The number of carbonyl (C=O) groups excluding carboxylic acids is 1. The summed E-state index contributed by atoms with van der Waals surface area (Å²) in [7, 11) is -4.71. The van der Waals surface area contributed by atoms with Crippen molar-refractivity contribution >= 4 is 13.8 Å². The predicted octanol–water partition coefficient (Wildman–Crippen LogP) is -0.506. The summed E-state index contributed by atoms with van der Waals surface area (Å²) in [6.45, 7) is 0. The van der Waals surface area contributed by atoms with Crippen LogP contribution in [0.1, 0.15) is 0 Å². The molecule has 0 bridgehead atoms. The average Bonchev–Trinajstić information content (AvgIpc) is 2.35. The van der Waals surface area contributed by atoms with E-state index in [1.807, 2.05) is 0 Å². The molecule has 0 atom stereocenters. The van der Waals surface area contributed by atoms with Crippen molar-refractivity contribution in [2.75, 3.05) is 0 Å². The van der Waals surface area contributed by atoms with Crippen molar-refractivity contribution < 1.29 is 28.4 Å². The van der Waals surface area contributed by atoms with Gasteiger partial charge in [0.1, 0.15) is 6.26 Å². The van der Waals surface area contributed by atoms with E-state index in [0.717, 1.165) is 6.26 Å². The van der Waals surface area contributed by atoms with E-state index in [-0.39, 0.29) is 5.76 Å². The molecule has 0 aromatic heterocycles. The highest BCUT2D eigenvalue weighted by molar-refractivity contribution is 7.46. The van der Waals surface area contributed by atoms with Crippen LogP contribution in [0.2, 0.25) is 0 Å². The predicted molar refractivity (Wildman–Crippen MR) is 27.3 cm³/mol. The molecule has 0 amide bonds. The van der Waals surface area contributed by atoms with E-state index in [4.69, 9.17) is 9.79 Å². The highest BCUT2D eigenvalue weighted by Crippen LogP contribution is 2.37. The molecule has 1 aliphatic rings. The van der Waals surface area contributed by atoms with Crippen LogP contribution < -0.4 is 0 Å². The first-order valence-electron chi connectivity index (χ1n) is 2.15. The van der Waals surface area contributed by atoms with Gasteiger partial charge in [-0.15, -0.1) is 0 Å². The van der Waals surface area contributed by atoms with Crippen LogP contribution in [-0.4, -0.2) is 15.8 Å². The Hall–Kier alpha value is -0.840. The Labute approximate surface area is 55.3 Å². The Morgan fingerprint density at radius 3 is 2.50 bits per heavy atom. The van der Waals surface area contributed by atoms with E-state index in [2.05, 4.69) is 9.26 Å². The molecule has 7 heteroatoms. The van der Waals surface area contributed by atoms with E-state index in [1.54, 1.807) is 0 Å². The molecule has 10 heavy (non-hydrogen) atoms. The lowest BCUT2D eigenvalue weighted by Gasteiger charge is -1.99. The van der Waals surface area contributed by atoms with Crippen LogP contribution >= 0.6 is 7.82 Å². The minimum Gasteiger partial charge on any atom is -0.450 e. The van der Waals surface area contributed by atoms with Crippen LogP contribution in [0.4, 0.5) is 0 Å². The van der Waals surface area contributed by atoms with E-state index in [9.17, 15) is 9.36 Å². The maximum Gasteiger partial charge on any atom is 0.527 e. The third-order valence-electron chi connectivity index (χ3n) is 0.639. The molecule has 1 heterocycles. The topological polar surface area (TPSA) is 96.4 Å². The maximum atomic E-state index is 10.3. The number of phosphoric acid groups is 1. The monoisotopic (exact) mass is 166 g/mol. The van der Waals surface area contributed by atoms with Gasteiger partial charge in [-0.3, -0.25) is 9.79 Å². The van der Waals surface area contributed by atoms with Gasteiger partial charge < -0.3 is 9.26 Å². The molecule has 1 aliphatic heterocycles. The zero-order valence-corrected chi connectivity index (χ0v) is 5.45. The van der Waals surface area contributed by atoms with Gasteiger partial charge in [-0.2, -0.15) is 0 Å². The van der Waals surface area contributed by atoms with Crippen LogP contribution in [0, 0.1) is 0 Å². The maximum absolute atomic E-state index is 10.3. The van der Waals surface area contributed by atoms with Gasteiger partial charge >= 0.3 is 13.8 Å². The minimum absolute atomic E-state index is 0.177. The van der Waals surface area contributed by atoms with Crippen molar-refractivity contribution in [1.29, 1.82) is 0 Å². The van der Waals surface area contributed by atoms with Crippen LogP contribution in [0.3, 0.4) is 0 Å². The van der Waals surface area contributed by atoms with Crippen molar-refractivity contribution in [3.05, 3.63) is 12.0 Å². The summed E-state index contributed by atoms with van der Waals surface area (Å²) in [5.41, 5.74) is 0. The Kier molecular flexibility index (Phi) is 1.52. The van der Waals surface area contributed by atoms with Crippen LogP contribution in [0.25, 0.3) is 0 Å². The van der Waals surface area contributed by atoms with Gasteiger partial charge in [0.2, 0.25) is 5.76 Å². The zero-order valence-electron chi connectivity index (χ0n) is 4.55. The first-order valence-corrected chi connectivity index (χ1v) is 3.68. The molecule has 0 spiro atoms. The standard InChI is InChI=1S/C3H3O6P/c4-3(2-1-8-2)9-10(5,6)7/h1H,(H2,5,6,7). The van der Waals surface area contributed by atoms with Gasteiger partial charge in [-0.05, 0) is 0 Å². The number of phosphoric ester groups is 1. The van der Waals surface area contributed by atoms with Crippen LogP contribution in [0.5, 0.6) is 0 Å². The van der Waals surface area contributed by atoms with Gasteiger partial charge in [-0.1, -0.05) is 0 Å². The largest absolute Gasteiger partial charge is 0.527 e. The second kappa shape index (κ2) is 2.09. The molecule has 2 N–H and O–H groups in total. The van der Waals surface area contributed by atoms with Gasteiger partial charge in [0.15, 0.2) is 0 Å². The fourth-order valence-electron chi connectivity index (χ4n) is 0.279. The lowest BCUT2D eigenvalue weighted by atomic mass is 10.7. The molecule has 1 rings (SSSR count). The lowest BCUT2D eigenvalue weighted by Crippen LogP contribution is -1.99. The summed E-state index contributed by atoms with van der Waals surface area (Å²) in [4.78, 5) is 26.4. The first kappa shape index (κ1) is 7.27. The molecular formula is C3H3O6P. The van der Waals surface area contributed by atoms with Crippen molar-refractivity contribution in [2.24, 2.45) is 0 Å². The summed E-state index contributed by atoms with van der Waals surface area (Å²) in [6, 6.07) is 0. The lowest BCUT2D eigenvalue weighted by molar-refractivity contribution is -0.132.